The third-order valence-corrected chi connectivity index (χ3v) is 6.12. The molecule has 0 aromatic heterocycles. The minimum atomic E-state index is -1.14. The van der Waals surface area contributed by atoms with E-state index in [4.69, 9.17) is 4.74 Å². The van der Waals surface area contributed by atoms with Crippen LogP contribution in [0.15, 0.2) is 84.9 Å². The van der Waals surface area contributed by atoms with Gasteiger partial charge in [0.15, 0.2) is 0 Å². The van der Waals surface area contributed by atoms with Gasteiger partial charge in [0.1, 0.15) is 6.61 Å². The van der Waals surface area contributed by atoms with E-state index in [0.717, 1.165) is 36.8 Å². The number of ether oxygens (including phenoxy) is 1. The lowest BCUT2D eigenvalue weighted by Crippen LogP contribution is -2.54. The van der Waals surface area contributed by atoms with Crippen LogP contribution in [-0.4, -0.2) is 35.1 Å². The monoisotopic (exact) mass is 461 g/mol. The average molecular weight is 462 g/mol. The number of carbonyl (C=O) groups excluding carboxylic acids is 1. The Labute approximate surface area is 202 Å². The summed E-state index contributed by atoms with van der Waals surface area (Å²) in [6.07, 6.45) is 4.81. The molecule has 3 N–H and O–H groups in total. The maximum absolute atomic E-state index is 12.3. The molecule has 0 saturated carbocycles. The summed E-state index contributed by atoms with van der Waals surface area (Å²) in [5, 5.41) is 22.5. The molecule has 0 aliphatic heterocycles. The van der Waals surface area contributed by atoms with Gasteiger partial charge in [-0.15, -0.1) is 0 Å². The molecule has 0 heterocycles. The molecular weight excluding hydrogens is 426 g/mol. The van der Waals surface area contributed by atoms with Crippen LogP contribution in [0.3, 0.4) is 0 Å². The maximum atomic E-state index is 12.3. The summed E-state index contributed by atoms with van der Waals surface area (Å²) in [7, 11) is 0. The van der Waals surface area contributed by atoms with Crippen molar-refractivity contribution in [1.29, 1.82) is 0 Å². The van der Waals surface area contributed by atoms with Crippen molar-refractivity contribution in [3.05, 3.63) is 107 Å². The largest absolute Gasteiger partial charge is 0.445 e. The standard InChI is InChI=1S/C29H35NO4/c31-22-29(23-32,30-28(33)34-21-27-13-5-2-6-14-27)20-19-26-17-15-25(16-18-26)12-8-7-11-24-9-3-1-4-10-24/h1-6,9-10,13-18,31-32H,7-8,11-12,19-23H2,(H,30,33). The highest BCUT2D eigenvalue weighted by molar-refractivity contribution is 5.68. The second-order valence-corrected chi connectivity index (χ2v) is 8.79. The van der Waals surface area contributed by atoms with Crippen molar-refractivity contribution >= 4 is 6.09 Å². The SMILES string of the molecule is O=C(NC(CO)(CO)CCc1ccc(CCCCc2ccccc2)cc1)OCc1ccccc1. The van der Waals surface area contributed by atoms with Crippen molar-refractivity contribution in [2.75, 3.05) is 13.2 Å². The fraction of sp³-hybridized carbons (Fsp3) is 0.345. The summed E-state index contributed by atoms with van der Waals surface area (Å²) in [6.45, 7) is -0.612. The van der Waals surface area contributed by atoms with Gasteiger partial charge >= 0.3 is 6.09 Å². The first-order valence-corrected chi connectivity index (χ1v) is 11.9. The van der Waals surface area contributed by atoms with Crippen LogP contribution in [0.5, 0.6) is 0 Å². The predicted octanol–water partition coefficient (Wildman–Crippen LogP) is 4.83. The number of hydrogen-bond acceptors (Lipinski definition) is 4. The molecule has 0 atom stereocenters. The molecule has 3 rings (SSSR count). The van der Waals surface area contributed by atoms with E-state index in [-0.39, 0.29) is 19.8 Å². The number of unbranched alkanes of at least 4 members (excludes halogenated alkanes) is 1. The van der Waals surface area contributed by atoms with E-state index in [1.807, 2.05) is 36.4 Å². The molecule has 0 bridgehead atoms. The highest BCUT2D eigenvalue weighted by atomic mass is 16.5. The number of amides is 1. The lowest BCUT2D eigenvalue weighted by atomic mass is 9.92. The lowest BCUT2D eigenvalue weighted by molar-refractivity contribution is 0.0677. The molecule has 3 aromatic rings. The van der Waals surface area contributed by atoms with Crippen molar-refractivity contribution < 1.29 is 19.7 Å². The summed E-state index contributed by atoms with van der Waals surface area (Å²) in [6, 6.07) is 28.4. The van der Waals surface area contributed by atoms with E-state index >= 15 is 0 Å². The minimum absolute atomic E-state index is 0.131. The van der Waals surface area contributed by atoms with Crippen LogP contribution in [-0.2, 0) is 30.6 Å². The Balaban J connectivity index is 1.43. The molecule has 1 amide bonds. The van der Waals surface area contributed by atoms with Crippen molar-refractivity contribution in [3.8, 4) is 0 Å². The number of rotatable bonds is 13. The number of aryl methyl sites for hydroxylation is 3. The summed E-state index contributed by atoms with van der Waals surface area (Å²) in [4.78, 5) is 12.3. The first-order valence-electron chi connectivity index (χ1n) is 11.9. The number of hydrogen-bond donors (Lipinski definition) is 3. The molecule has 0 saturated heterocycles. The Bertz CT molecular complexity index is 970. The van der Waals surface area contributed by atoms with Crippen LogP contribution in [0.2, 0.25) is 0 Å². The van der Waals surface area contributed by atoms with Crippen LogP contribution >= 0.6 is 0 Å². The highest BCUT2D eigenvalue weighted by Crippen LogP contribution is 2.17. The van der Waals surface area contributed by atoms with Crippen molar-refractivity contribution in [2.45, 2.75) is 50.7 Å². The highest BCUT2D eigenvalue weighted by Gasteiger charge is 2.31. The van der Waals surface area contributed by atoms with E-state index in [1.165, 1.54) is 11.1 Å². The zero-order valence-corrected chi connectivity index (χ0v) is 19.7. The van der Waals surface area contributed by atoms with E-state index in [0.29, 0.717) is 12.8 Å². The third kappa shape index (κ3) is 8.32. The zero-order chi connectivity index (χ0) is 24.1. The number of nitrogens with one attached hydrogen (secondary N) is 1. The molecule has 180 valence electrons. The summed E-state index contributed by atoms with van der Waals surface area (Å²) in [5.74, 6) is 0. The molecule has 0 aliphatic rings. The molecule has 5 nitrogen and oxygen atoms in total. The molecule has 0 unspecified atom stereocenters. The van der Waals surface area contributed by atoms with Gasteiger partial charge in [0, 0.05) is 0 Å². The lowest BCUT2D eigenvalue weighted by Gasteiger charge is -2.30. The zero-order valence-electron chi connectivity index (χ0n) is 19.7. The Morgan fingerprint density at radius 3 is 1.68 bits per heavy atom. The normalized spacial score (nSPS) is 11.2. The molecule has 0 aliphatic carbocycles. The molecular formula is C29H35NO4. The van der Waals surface area contributed by atoms with Crippen molar-refractivity contribution in [3.63, 3.8) is 0 Å². The predicted molar refractivity (Wildman–Crippen MR) is 135 cm³/mol. The molecule has 34 heavy (non-hydrogen) atoms. The van der Waals surface area contributed by atoms with Gasteiger partial charge in [0.05, 0.1) is 18.8 Å². The van der Waals surface area contributed by atoms with Gasteiger partial charge in [0.25, 0.3) is 0 Å². The van der Waals surface area contributed by atoms with E-state index in [2.05, 4.69) is 53.8 Å². The number of alkyl carbamates (subject to hydrolysis) is 1. The Kier molecular flexibility index (Phi) is 10.1. The van der Waals surface area contributed by atoms with Crippen LogP contribution in [0.1, 0.15) is 41.5 Å². The van der Waals surface area contributed by atoms with Crippen LogP contribution in [0.4, 0.5) is 4.79 Å². The summed E-state index contributed by atoms with van der Waals surface area (Å²) < 4.78 is 5.26. The second-order valence-electron chi connectivity index (χ2n) is 8.79. The van der Waals surface area contributed by atoms with E-state index in [1.54, 1.807) is 0 Å². The number of benzene rings is 3. The second kappa shape index (κ2) is 13.5. The first-order chi connectivity index (χ1) is 16.6. The topological polar surface area (TPSA) is 78.8 Å². The summed E-state index contributed by atoms with van der Waals surface area (Å²) in [5.41, 5.74) is 3.51. The van der Waals surface area contributed by atoms with Gasteiger partial charge in [-0.2, -0.15) is 0 Å². The quantitative estimate of drug-likeness (QED) is 0.319. The third-order valence-electron chi connectivity index (χ3n) is 6.12. The van der Waals surface area contributed by atoms with Gasteiger partial charge in [-0.1, -0.05) is 84.9 Å². The number of aliphatic hydroxyl groups excluding tert-OH is 2. The smallest absolute Gasteiger partial charge is 0.408 e. The van der Waals surface area contributed by atoms with Crippen LogP contribution < -0.4 is 5.32 Å². The van der Waals surface area contributed by atoms with Gasteiger partial charge < -0.3 is 20.3 Å². The Hall–Kier alpha value is -3.15. The molecule has 3 aromatic carbocycles. The molecule has 5 heteroatoms. The van der Waals surface area contributed by atoms with Crippen LogP contribution in [0, 0.1) is 0 Å². The number of carbonyl (C=O) groups is 1. The van der Waals surface area contributed by atoms with Crippen molar-refractivity contribution in [2.24, 2.45) is 0 Å². The van der Waals surface area contributed by atoms with Gasteiger partial charge in [0.2, 0.25) is 0 Å². The number of aliphatic hydroxyl groups is 2. The fourth-order valence-corrected chi connectivity index (χ4v) is 3.88. The molecule has 0 fully saturated rings. The van der Waals surface area contributed by atoms with E-state index in [9.17, 15) is 15.0 Å². The molecule has 0 radical (unpaired) electrons. The molecule has 0 spiro atoms. The first kappa shape index (κ1) is 25.5. The fourth-order valence-electron chi connectivity index (χ4n) is 3.88. The van der Waals surface area contributed by atoms with Crippen LogP contribution in [0.25, 0.3) is 0 Å². The Morgan fingerprint density at radius 2 is 1.15 bits per heavy atom. The average Bonchev–Trinajstić information content (AvgIpc) is 2.90. The van der Waals surface area contributed by atoms with Gasteiger partial charge in [-0.3, -0.25) is 0 Å². The maximum Gasteiger partial charge on any atom is 0.408 e. The minimum Gasteiger partial charge on any atom is -0.445 e. The van der Waals surface area contributed by atoms with E-state index < -0.39 is 11.6 Å². The summed E-state index contributed by atoms with van der Waals surface area (Å²) >= 11 is 0. The van der Waals surface area contributed by atoms with Crippen molar-refractivity contribution in [1.82, 2.24) is 5.32 Å². The Morgan fingerprint density at radius 1 is 0.676 bits per heavy atom. The van der Waals surface area contributed by atoms with Gasteiger partial charge in [-0.05, 0) is 60.8 Å². The van der Waals surface area contributed by atoms with Gasteiger partial charge in [-0.25, -0.2) is 4.79 Å².